The van der Waals surface area contributed by atoms with Gasteiger partial charge in [0.15, 0.2) is 5.78 Å². The van der Waals surface area contributed by atoms with E-state index in [4.69, 9.17) is 0 Å². The minimum atomic E-state index is -0.555. The largest absolute Gasteiger partial charge is 0.351 e. The Morgan fingerprint density at radius 3 is 2.90 bits per heavy atom. The summed E-state index contributed by atoms with van der Waals surface area (Å²) in [4.78, 5) is 14.8. The van der Waals surface area contributed by atoms with E-state index in [0.29, 0.717) is 5.70 Å². The zero-order valence-corrected chi connectivity index (χ0v) is 12.0. The quantitative estimate of drug-likeness (QED) is 0.780. The molecule has 4 nitrogen and oxygen atoms in total. The fourth-order valence-corrected chi connectivity index (χ4v) is 3.81. The number of benzene rings is 1. The van der Waals surface area contributed by atoms with Gasteiger partial charge in [0.2, 0.25) is 0 Å². The van der Waals surface area contributed by atoms with Crippen molar-refractivity contribution in [2.75, 3.05) is 5.32 Å². The molecule has 0 atom stereocenters. The summed E-state index contributed by atoms with van der Waals surface area (Å²) >= 11 is 1.62. The topological polar surface area (TPSA) is 57.8 Å². The van der Waals surface area contributed by atoms with Gasteiger partial charge < -0.3 is 5.32 Å². The lowest BCUT2D eigenvalue weighted by molar-refractivity contribution is -0.119. The second kappa shape index (κ2) is 3.76. The number of aromatic amines is 1. The smallest absolute Gasteiger partial charge is 0.190 e. The number of H-pyrrole nitrogens is 1. The van der Waals surface area contributed by atoms with Crippen molar-refractivity contribution in [3.05, 3.63) is 47.4 Å². The van der Waals surface area contributed by atoms with Crippen LogP contribution in [0.4, 0.5) is 5.69 Å². The first-order valence-corrected chi connectivity index (χ1v) is 7.28. The highest BCUT2D eigenvalue weighted by molar-refractivity contribution is 8.08. The number of rotatable bonds is 0. The number of fused-ring (bicyclic) bond motifs is 3. The minimum absolute atomic E-state index is 0.114. The molecule has 0 spiro atoms. The Morgan fingerprint density at radius 1 is 1.25 bits per heavy atom. The van der Waals surface area contributed by atoms with E-state index in [-0.39, 0.29) is 5.78 Å². The molecule has 2 aromatic rings. The molecule has 0 radical (unpaired) electrons. The molecule has 1 aromatic carbocycles. The van der Waals surface area contributed by atoms with Crippen LogP contribution < -0.4 is 5.32 Å². The van der Waals surface area contributed by atoms with Gasteiger partial charge in [-0.15, -0.1) is 0 Å². The fourth-order valence-electron chi connectivity index (χ4n) is 2.72. The molecule has 2 N–H and O–H groups in total. The maximum atomic E-state index is 12.8. The summed E-state index contributed by atoms with van der Waals surface area (Å²) in [7, 11) is 0. The lowest BCUT2D eigenvalue weighted by Gasteiger charge is -2.34. The van der Waals surface area contributed by atoms with Gasteiger partial charge >= 0.3 is 0 Å². The highest BCUT2D eigenvalue weighted by Crippen LogP contribution is 2.50. The number of carbonyl (C=O) groups is 1. The van der Waals surface area contributed by atoms with Crippen LogP contribution in [0.25, 0.3) is 4.91 Å². The van der Waals surface area contributed by atoms with Crippen molar-refractivity contribution in [2.45, 2.75) is 24.2 Å². The van der Waals surface area contributed by atoms with Gasteiger partial charge in [0.1, 0.15) is 0 Å². The van der Waals surface area contributed by atoms with Crippen LogP contribution in [0.3, 0.4) is 0 Å². The highest BCUT2D eigenvalue weighted by Gasteiger charge is 2.43. The maximum absolute atomic E-state index is 12.8. The molecule has 1 aromatic heterocycles. The average Bonchev–Trinajstić information content (AvgIpc) is 2.94. The van der Waals surface area contributed by atoms with Crippen LogP contribution in [0.1, 0.15) is 25.1 Å². The Hall–Kier alpha value is -2.01. The zero-order valence-electron chi connectivity index (χ0n) is 11.2. The second-order valence-corrected chi connectivity index (χ2v) is 6.59. The van der Waals surface area contributed by atoms with Crippen LogP contribution in [-0.2, 0) is 10.2 Å². The molecule has 100 valence electrons. The number of hydrogen-bond donors (Lipinski definition) is 2. The minimum Gasteiger partial charge on any atom is -0.351 e. The van der Waals surface area contributed by atoms with Crippen molar-refractivity contribution in [1.29, 1.82) is 0 Å². The van der Waals surface area contributed by atoms with Crippen molar-refractivity contribution in [3.8, 4) is 0 Å². The first-order chi connectivity index (χ1) is 9.59. The van der Waals surface area contributed by atoms with Gasteiger partial charge in [-0.05, 0) is 26.0 Å². The molecule has 1 aliphatic heterocycles. The first-order valence-electron chi connectivity index (χ1n) is 6.46. The first kappa shape index (κ1) is 11.8. The van der Waals surface area contributed by atoms with Crippen LogP contribution in [-0.4, -0.2) is 16.0 Å². The Bertz CT molecular complexity index is 773. The van der Waals surface area contributed by atoms with Crippen molar-refractivity contribution in [2.24, 2.45) is 0 Å². The van der Waals surface area contributed by atoms with Crippen LogP contribution in [0.5, 0.6) is 0 Å². The molecule has 0 bridgehead atoms. The summed E-state index contributed by atoms with van der Waals surface area (Å²) in [5, 5.41) is 10.5. The van der Waals surface area contributed by atoms with Gasteiger partial charge in [0.25, 0.3) is 0 Å². The van der Waals surface area contributed by atoms with Gasteiger partial charge in [-0.2, -0.15) is 5.10 Å². The molecular weight excluding hydrogens is 270 g/mol. The van der Waals surface area contributed by atoms with Gasteiger partial charge in [-0.1, -0.05) is 23.9 Å². The van der Waals surface area contributed by atoms with Crippen LogP contribution in [0.2, 0.25) is 0 Å². The summed E-state index contributed by atoms with van der Waals surface area (Å²) in [5.74, 6) is 0.114. The lowest BCUT2D eigenvalue weighted by Crippen LogP contribution is -2.37. The third-order valence-corrected chi connectivity index (χ3v) is 5.11. The summed E-state index contributed by atoms with van der Waals surface area (Å²) in [6, 6.07) is 8.02. The van der Waals surface area contributed by atoms with Gasteiger partial charge in [0, 0.05) is 10.5 Å². The molecule has 0 unspecified atom stereocenters. The Kier molecular flexibility index (Phi) is 2.22. The molecule has 5 heteroatoms. The van der Waals surface area contributed by atoms with Crippen LogP contribution in [0, 0.1) is 0 Å². The van der Waals surface area contributed by atoms with Gasteiger partial charge in [0.05, 0.1) is 33.6 Å². The Morgan fingerprint density at radius 2 is 2.05 bits per heavy atom. The number of ketones is 1. The molecule has 4 rings (SSSR count). The van der Waals surface area contributed by atoms with E-state index in [1.165, 1.54) is 0 Å². The maximum Gasteiger partial charge on any atom is 0.190 e. The molecule has 0 fully saturated rings. The normalized spacial score (nSPS) is 19.0. The number of para-hydroxylation sites is 1. The predicted octanol–water partition coefficient (Wildman–Crippen LogP) is 3.16. The molecule has 2 aliphatic rings. The third-order valence-electron chi connectivity index (χ3n) is 3.92. The van der Waals surface area contributed by atoms with Gasteiger partial charge in [-0.3, -0.25) is 9.89 Å². The van der Waals surface area contributed by atoms with E-state index in [1.54, 1.807) is 18.0 Å². The Labute approximate surface area is 120 Å². The second-order valence-electron chi connectivity index (χ2n) is 5.54. The molecular formula is C15H13N3OS. The van der Waals surface area contributed by atoms with E-state index in [0.717, 1.165) is 26.7 Å². The average molecular weight is 283 g/mol. The van der Waals surface area contributed by atoms with Crippen molar-refractivity contribution >= 4 is 28.1 Å². The predicted molar refractivity (Wildman–Crippen MR) is 79.5 cm³/mol. The SMILES string of the molecule is CC1(C)C(=O)C2=C(Sc3ccccc3N2)c2[nH]ncc21. The highest BCUT2D eigenvalue weighted by atomic mass is 32.2. The summed E-state index contributed by atoms with van der Waals surface area (Å²) < 4.78 is 0. The standard InChI is InChI=1S/C15H13N3OS/c1-15(2)8-7-16-18-11(8)13-12(14(15)19)17-9-5-3-4-6-10(9)20-13/h3-7,17H,1-2H3,(H,16,18). The van der Waals surface area contributed by atoms with E-state index >= 15 is 0 Å². The number of anilines is 1. The summed E-state index contributed by atoms with van der Waals surface area (Å²) in [5.41, 5.74) is 3.03. The number of carbonyl (C=O) groups excluding carboxylic acids is 1. The lowest BCUT2D eigenvalue weighted by atomic mass is 9.76. The summed E-state index contributed by atoms with van der Waals surface area (Å²) in [6.45, 7) is 3.89. The number of nitrogens with one attached hydrogen (secondary N) is 2. The monoisotopic (exact) mass is 283 g/mol. The van der Waals surface area contributed by atoms with E-state index in [9.17, 15) is 4.79 Å². The zero-order chi connectivity index (χ0) is 13.9. The van der Waals surface area contributed by atoms with Crippen LogP contribution in [0.15, 0.2) is 41.1 Å². The summed E-state index contributed by atoms with van der Waals surface area (Å²) in [6.07, 6.45) is 1.76. The van der Waals surface area contributed by atoms with Crippen molar-refractivity contribution in [1.82, 2.24) is 10.2 Å². The molecule has 0 saturated heterocycles. The fraction of sp³-hybridized carbons (Fsp3) is 0.200. The number of Topliss-reactive ketones (excluding diaryl/α,β-unsaturated/α-hetero) is 1. The van der Waals surface area contributed by atoms with Crippen molar-refractivity contribution in [3.63, 3.8) is 0 Å². The molecule has 0 saturated carbocycles. The Balaban J connectivity index is 1.95. The number of hydrogen-bond acceptors (Lipinski definition) is 4. The van der Waals surface area contributed by atoms with E-state index < -0.39 is 5.41 Å². The molecule has 20 heavy (non-hydrogen) atoms. The number of allylic oxidation sites excluding steroid dienone is 1. The van der Waals surface area contributed by atoms with E-state index in [1.807, 2.05) is 32.0 Å². The molecule has 1 aliphatic carbocycles. The molecule has 0 amide bonds. The number of thioether (sulfide) groups is 1. The third kappa shape index (κ3) is 1.38. The van der Waals surface area contributed by atoms with Crippen molar-refractivity contribution < 1.29 is 4.79 Å². The van der Waals surface area contributed by atoms with Crippen LogP contribution >= 0.6 is 11.8 Å². The molecule has 2 heterocycles. The van der Waals surface area contributed by atoms with Gasteiger partial charge in [-0.25, -0.2) is 0 Å². The van der Waals surface area contributed by atoms with E-state index in [2.05, 4.69) is 21.6 Å². The number of aromatic nitrogens is 2. The number of nitrogens with zero attached hydrogens (tertiary/aromatic N) is 1.